The molecule has 0 saturated carbocycles. The molecule has 0 radical (unpaired) electrons. The zero-order valence-electron chi connectivity index (χ0n) is 15.6. The molecule has 0 heterocycles. The molecule has 7 nitrogen and oxygen atoms in total. The summed E-state index contributed by atoms with van der Waals surface area (Å²) in [6.45, 7) is 3.55. The van der Waals surface area contributed by atoms with Crippen LogP contribution in [0.5, 0.6) is 5.75 Å². The second kappa shape index (κ2) is 9.07. The number of rotatable bonds is 6. The van der Waals surface area contributed by atoms with Crippen molar-refractivity contribution in [3.8, 4) is 5.75 Å². The maximum absolute atomic E-state index is 12.6. The Labute approximate surface area is 166 Å². The van der Waals surface area contributed by atoms with E-state index in [-0.39, 0.29) is 28.9 Å². The summed E-state index contributed by atoms with van der Waals surface area (Å²) in [5.74, 6) is 0.0820. The molecule has 0 unspecified atom stereocenters. The van der Waals surface area contributed by atoms with Crippen molar-refractivity contribution in [1.29, 1.82) is 0 Å². The highest BCUT2D eigenvalue weighted by atomic mass is 35.5. The van der Waals surface area contributed by atoms with Crippen LogP contribution in [0.25, 0.3) is 0 Å². The number of halogens is 1. The summed E-state index contributed by atoms with van der Waals surface area (Å²) in [5.41, 5.74) is 6.85. The molecule has 2 rings (SSSR count). The number of ether oxygens (including phenoxy) is 1. The van der Waals surface area contributed by atoms with Crippen LogP contribution in [0.15, 0.2) is 47.4 Å². The summed E-state index contributed by atoms with van der Waals surface area (Å²) in [6.07, 6.45) is 0. The van der Waals surface area contributed by atoms with E-state index in [4.69, 9.17) is 10.5 Å². The fraction of sp³-hybridized carbons (Fsp3) is 0.278. The van der Waals surface area contributed by atoms with Crippen LogP contribution >= 0.6 is 12.4 Å². The predicted octanol–water partition coefficient (Wildman–Crippen LogP) is 2.98. The molecule has 2 aromatic carbocycles. The Morgan fingerprint density at radius 1 is 1.19 bits per heavy atom. The first-order chi connectivity index (χ1) is 12.2. The zero-order valence-corrected chi connectivity index (χ0v) is 17.2. The van der Waals surface area contributed by atoms with Gasteiger partial charge in [0.15, 0.2) is 0 Å². The van der Waals surface area contributed by atoms with Crippen LogP contribution in [0.3, 0.4) is 0 Å². The molecule has 2 aromatic rings. The molecule has 0 aromatic heterocycles. The second-order valence-electron chi connectivity index (χ2n) is 6.05. The minimum Gasteiger partial charge on any atom is -0.497 e. The van der Waals surface area contributed by atoms with E-state index >= 15 is 0 Å². The van der Waals surface area contributed by atoms with Gasteiger partial charge in [0.25, 0.3) is 5.91 Å². The van der Waals surface area contributed by atoms with Crippen molar-refractivity contribution in [3.63, 3.8) is 0 Å². The van der Waals surface area contributed by atoms with E-state index in [1.165, 1.54) is 36.7 Å². The number of carbonyl (C=O) groups excluding carboxylic acids is 1. The molecular weight excluding hydrogens is 390 g/mol. The lowest BCUT2D eigenvalue weighted by Gasteiger charge is -2.21. The van der Waals surface area contributed by atoms with Crippen LogP contribution in [-0.4, -0.2) is 38.8 Å². The number of nitrogen functional groups attached to an aromatic ring is 1. The third-order valence-electron chi connectivity index (χ3n) is 4.01. The lowest BCUT2D eigenvalue weighted by atomic mass is 10.2. The van der Waals surface area contributed by atoms with Gasteiger partial charge in [0, 0.05) is 24.7 Å². The quantitative estimate of drug-likeness (QED) is 0.709. The molecule has 0 saturated heterocycles. The fourth-order valence-corrected chi connectivity index (χ4v) is 3.62. The van der Waals surface area contributed by atoms with Gasteiger partial charge in [-0.05, 0) is 44.2 Å². The second-order valence-corrected chi connectivity index (χ2v) is 8.05. The first-order valence-corrected chi connectivity index (χ1v) is 9.43. The van der Waals surface area contributed by atoms with Crippen molar-refractivity contribution in [2.24, 2.45) is 0 Å². The van der Waals surface area contributed by atoms with Crippen molar-refractivity contribution in [1.82, 2.24) is 4.31 Å². The number of anilines is 2. The molecule has 0 aliphatic carbocycles. The molecule has 0 aliphatic rings. The van der Waals surface area contributed by atoms with Crippen molar-refractivity contribution in [3.05, 3.63) is 48.0 Å². The Bertz CT molecular complexity index is 917. The lowest BCUT2D eigenvalue weighted by molar-refractivity contribution is 0.102. The lowest BCUT2D eigenvalue weighted by Crippen LogP contribution is -2.33. The molecule has 27 heavy (non-hydrogen) atoms. The number of sulfonamides is 1. The van der Waals surface area contributed by atoms with Crippen LogP contribution < -0.4 is 15.8 Å². The Morgan fingerprint density at radius 3 is 2.44 bits per heavy atom. The highest BCUT2D eigenvalue weighted by Gasteiger charge is 2.24. The van der Waals surface area contributed by atoms with E-state index in [2.05, 4.69) is 5.32 Å². The van der Waals surface area contributed by atoms with Gasteiger partial charge in [-0.15, -0.1) is 12.4 Å². The van der Waals surface area contributed by atoms with Crippen LogP contribution in [0, 0.1) is 0 Å². The summed E-state index contributed by atoms with van der Waals surface area (Å²) < 4.78 is 31.6. The molecule has 9 heteroatoms. The fourth-order valence-electron chi connectivity index (χ4n) is 2.21. The Hall–Kier alpha value is -2.29. The number of benzene rings is 2. The molecule has 1 amide bonds. The minimum atomic E-state index is -3.68. The van der Waals surface area contributed by atoms with Gasteiger partial charge in [0.05, 0.1) is 23.4 Å². The maximum atomic E-state index is 12.6. The number of hydrogen-bond donors (Lipinski definition) is 2. The summed E-state index contributed by atoms with van der Waals surface area (Å²) in [4.78, 5) is 12.6. The number of nitrogens with two attached hydrogens (primary N) is 1. The third kappa shape index (κ3) is 5.12. The zero-order chi connectivity index (χ0) is 19.5. The van der Waals surface area contributed by atoms with Crippen LogP contribution in [-0.2, 0) is 10.0 Å². The van der Waals surface area contributed by atoms with Gasteiger partial charge in [-0.1, -0.05) is 6.07 Å². The number of methoxy groups -OCH3 is 1. The van der Waals surface area contributed by atoms with Crippen LogP contribution in [0.4, 0.5) is 11.4 Å². The van der Waals surface area contributed by atoms with Crippen LogP contribution in [0.2, 0.25) is 0 Å². The van der Waals surface area contributed by atoms with E-state index in [9.17, 15) is 13.2 Å². The average molecular weight is 414 g/mol. The van der Waals surface area contributed by atoms with Crippen molar-refractivity contribution < 1.29 is 17.9 Å². The maximum Gasteiger partial charge on any atom is 0.255 e. The SMILES string of the molecule is COc1ccc(N)c(NC(=O)c2cccc(S(=O)(=O)N(C)C(C)C)c2)c1.Cl. The largest absolute Gasteiger partial charge is 0.497 e. The van der Waals surface area contributed by atoms with E-state index in [0.29, 0.717) is 17.1 Å². The normalized spacial score (nSPS) is 11.2. The van der Waals surface area contributed by atoms with Crippen molar-refractivity contribution in [2.45, 2.75) is 24.8 Å². The number of carbonyl (C=O) groups is 1. The van der Waals surface area contributed by atoms with E-state index in [1.54, 1.807) is 38.1 Å². The van der Waals surface area contributed by atoms with Gasteiger partial charge in [0.2, 0.25) is 10.0 Å². The van der Waals surface area contributed by atoms with Gasteiger partial charge in [-0.3, -0.25) is 4.79 Å². The van der Waals surface area contributed by atoms with E-state index in [0.717, 1.165) is 0 Å². The topological polar surface area (TPSA) is 102 Å². The molecule has 0 aliphatic heterocycles. The molecule has 3 N–H and O–H groups in total. The standard InChI is InChI=1S/C18H23N3O4S.ClH/c1-12(2)21(3)26(23,24)15-7-5-6-13(10-15)18(22)20-17-11-14(25-4)8-9-16(17)19;/h5-12H,19H2,1-4H3,(H,20,22);1H. The van der Waals surface area contributed by atoms with E-state index < -0.39 is 15.9 Å². The van der Waals surface area contributed by atoms with Gasteiger partial charge in [0.1, 0.15) is 5.75 Å². The first-order valence-electron chi connectivity index (χ1n) is 7.99. The summed E-state index contributed by atoms with van der Waals surface area (Å²) in [7, 11) is -0.663. The highest BCUT2D eigenvalue weighted by molar-refractivity contribution is 7.89. The molecular formula is C18H24ClN3O4S. The minimum absolute atomic E-state index is 0. The summed E-state index contributed by atoms with van der Waals surface area (Å²) in [5, 5.41) is 2.68. The van der Waals surface area contributed by atoms with Crippen LogP contribution in [0.1, 0.15) is 24.2 Å². The van der Waals surface area contributed by atoms with Gasteiger partial charge >= 0.3 is 0 Å². The Morgan fingerprint density at radius 2 is 1.85 bits per heavy atom. The van der Waals surface area contributed by atoms with Gasteiger partial charge in [-0.25, -0.2) is 8.42 Å². The monoisotopic (exact) mass is 413 g/mol. The predicted molar refractivity (Wildman–Crippen MR) is 109 cm³/mol. The number of hydrogen-bond acceptors (Lipinski definition) is 5. The molecule has 0 atom stereocenters. The smallest absolute Gasteiger partial charge is 0.255 e. The number of amides is 1. The Kier molecular flexibility index (Phi) is 7.65. The van der Waals surface area contributed by atoms with Gasteiger partial charge in [-0.2, -0.15) is 4.31 Å². The first kappa shape index (κ1) is 22.8. The van der Waals surface area contributed by atoms with Crippen molar-refractivity contribution in [2.75, 3.05) is 25.2 Å². The summed E-state index contributed by atoms with van der Waals surface area (Å²) >= 11 is 0. The molecule has 0 spiro atoms. The number of nitrogens with zero attached hydrogens (tertiary/aromatic N) is 1. The Balaban J connectivity index is 0.00000364. The van der Waals surface area contributed by atoms with Crippen molar-refractivity contribution >= 4 is 39.7 Å². The molecule has 0 bridgehead atoms. The average Bonchev–Trinajstić information content (AvgIpc) is 2.62. The molecule has 148 valence electrons. The number of nitrogens with one attached hydrogen (secondary N) is 1. The third-order valence-corrected chi connectivity index (χ3v) is 6.04. The van der Waals surface area contributed by atoms with E-state index in [1.807, 2.05) is 0 Å². The summed E-state index contributed by atoms with van der Waals surface area (Å²) in [6, 6.07) is 10.6. The van der Waals surface area contributed by atoms with Gasteiger partial charge < -0.3 is 15.8 Å². The highest BCUT2D eigenvalue weighted by Crippen LogP contribution is 2.25. The molecule has 0 fully saturated rings.